The van der Waals surface area contributed by atoms with Crippen molar-refractivity contribution in [3.05, 3.63) is 24.3 Å². The number of rotatable bonds is 4. The van der Waals surface area contributed by atoms with E-state index in [0.29, 0.717) is 0 Å². The minimum Gasteiger partial charge on any atom is -0.459 e. The van der Waals surface area contributed by atoms with Crippen LogP contribution in [0.15, 0.2) is 24.3 Å². The third-order valence-corrected chi connectivity index (χ3v) is 1.96. The predicted octanol–water partition coefficient (Wildman–Crippen LogP) is 3.34. The monoisotopic (exact) mass is 291 g/mol. The fourth-order valence-corrected chi connectivity index (χ4v) is 1.37. The lowest BCUT2D eigenvalue weighted by atomic mass is 10.2. The molecule has 4 nitrogen and oxygen atoms in total. The summed E-state index contributed by atoms with van der Waals surface area (Å²) >= 11 is 0. The molecule has 0 aliphatic rings. The van der Waals surface area contributed by atoms with Gasteiger partial charge in [0.2, 0.25) is 0 Å². The molecule has 0 radical (unpaired) electrons. The van der Waals surface area contributed by atoms with Crippen LogP contribution in [-0.2, 0) is 9.53 Å². The summed E-state index contributed by atoms with van der Waals surface area (Å²) in [4.78, 5) is 11.5. The van der Waals surface area contributed by atoms with Crippen LogP contribution in [0, 0.1) is 0 Å². The van der Waals surface area contributed by atoms with Gasteiger partial charge in [-0.05, 0) is 32.9 Å². The van der Waals surface area contributed by atoms with Gasteiger partial charge in [-0.2, -0.15) is 0 Å². The summed E-state index contributed by atoms with van der Waals surface area (Å²) in [5.41, 5.74) is -0.587. The smallest absolute Gasteiger partial charge is 0.459 e. The first-order chi connectivity index (χ1) is 9.07. The van der Waals surface area contributed by atoms with Crippen LogP contribution in [0.25, 0.3) is 0 Å². The molecule has 0 heterocycles. The van der Waals surface area contributed by atoms with E-state index >= 15 is 0 Å². The minimum atomic E-state index is -4.79. The van der Waals surface area contributed by atoms with E-state index in [4.69, 9.17) is 4.74 Å². The Labute approximate surface area is 114 Å². The molecule has 0 saturated heterocycles. The summed E-state index contributed by atoms with van der Waals surface area (Å²) in [6.07, 6.45) is -4.79. The zero-order valence-electron chi connectivity index (χ0n) is 11.4. The largest absolute Gasteiger partial charge is 0.573 e. The maximum absolute atomic E-state index is 12.2. The molecule has 0 saturated carbocycles. The van der Waals surface area contributed by atoms with Crippen molar-refractivity contribution < 1.29 is 27.4 Å². The average molecular weight is 291 g/mol. The molecule has 0 amide bonds. The van der Waals surface area contributed by atoms with Gasteiger partial charge in [-0.25, -0.2) is 0 Å². The second-order valence-electron chi connectivity index (χ2n) is 4.98. The quantitative estimate of drug-likeness (QED) is 0.864. The number of carbonyl (C=O) groups is 1. The van der Waals surface area contributed by atoms with E-state index in [2.05, 4.69) is 10.1 Å². The van der Waals surface area contributed by atoms with Gasteiger partial charge in [-0.15, -0.1) is 13.2 Å². The molecule has 0 unspecified atom stereocenters. The second-order valence-corrected chi connectivity index (χ2v) is 4.98. The first-order valence-electron chi connectivity index (χ1n) is 5.87. The molecule has 112 valence electrons. The van der Waals surface area contributed by atoms with Crippen molar-refractivity contribution in [3.63, 3.8) is 0 Å². The van der Waals surface area contributed by atoms with Crippen molar-refractivity contribution in [2.45, 2.75) is 32.7 Å². The third-order valence-electron chi connectivity index (χ3n) is 1.96. The molecule has 1 aromatic carbocycles. The number of hydrogen-bond acceptors (Lipinski definition) is 4. The summed E-state index contributed by atoms with van der Waals surface area (Å²) in [6, 6.07) is 5.47. The summed E-state index contributed by atoms with van der Waals surface area (Å²) < 4.78 is 45.5. The van der Waals surface area contributed by atoms with Crippen LogP contribution in [-0.4, -0.2) is 24.5 Å². The topological polar surface area (TPSA) is 47.6 Å². The van der Waals surface area contributed by atoms with Gasteiger partial charge in [-0.3, -0.25) is 4.79 Å². The maximum Gasteiger partial charge on any atom is 0.573 e. The summed E-state index contributed by atoms with van der Waals surface area (Å²) in [6.45, 7) is 4.85. The van der Waals surface area contributed by atoms with E-state index in [1.165, 1.54) is 18.2 Å². The fourth-order valence-electron chi connectivity index (χ4n) is 1.37. The lowest BCUT2D eigenvalue weighted by Crippen LogP contribution is -2.28. The number of nitrogens with one attached hydrogen (secondary N) is 1. The number of halogens is 3. The van der Waals surface area contributed by atoms with Crippen LogP contribution in [0.1, 0.15) is 20.8 Å². The van der Waals surface area contributed by atoms with Crippen molar-refractivity contribution in [2.24, 2.45) is 0 Å². The van der Waals surface area contributed by atoms with Crippen molar-refractivity contribution in [3.8, 4) is 5.75 Å². The fraction of sp³-hybridized carbons (Fsp3) is 0.462. The molecule has 1 N–H and O–H groups in total. The zero-order valence-corrected chi connectivity index (χ0v) is 11.4. The van der Waals surface area contributed by atoms with Gasteiger partial charge in [0.15, 0.2) is 5.75 Å². The third kappa shape index (κ3) is 6.31. The number of benzene rings is 1. The van der Waals surface area contributed by atoms with Gasteiger partial charge in [0.05, 0.1) is 5.69 Å². The van der Waals surface area contributed by atoms with E-state index in [-0.39, 0.29) is 12.2 Å². The Balaban J connectivity index is 2.67. The van der Waals surface area contributed by atoms with Gasteiger partial charge >= 0.3 is 12.3 Å². The maximum atomic E-state index is 12.2. The number of ether oxygens (including phenoxy) is 2. The highest BCUT2D eigenvalue weighted by Gasteiger charge is 2.32. The molecule has 20 heavy (non-hydrogen) atoms. The summed E-state index contributed by atoms with van der Waals surface area (Å²) in [5.74, 6) is -0.970. The van der Waals surface area contributed by atoms with Gasteiger partial charge in [0, 0.05) is 0 Å². The van der Waals surface area contributed by atoms with E-state index in [1.54, 1.807) is 20.8 Å². The first-order valence-corrected chi connectivity index (χ1v) is 5.87. The Morgan fingerprint density at radius 1 is 1.20 bits per heavy atom. The molecule has 1 rings (SSSR count). The van der Waals surface area contributed by atoms with Crippen LogP contribution < -0.4 is 10.1 Å². The van der Waals surface area contributed by atoms with Crippen LogP contribution >= 0.6 is 0 Å². The predicted molar refractivity (Wildman–Crippen MR) is 67.5 cm³/mol. The second kappa shape index (κ2) is 6.02. The Bertz CT molecular complexity index is 467. The van der Waals surface area contributed by atoms with E-state index in [0.717, 1.165) is 6.07 Å². The highest BCUT2D eigenvalue weighted by atomic mass is 19.4. The number of alkyl halides is 3. The lowest BCUT2D eigenvalue weighted by molar-refractivity contribution is -0.274. The number of para-hydroxylation sites is 2. The van der Waals surface area contributed by atoms with Gasteiger partial charge in [-0.1, -0.05) is 12.1 Å². The molecule has 0 aliphatic carbocycles. The van der Waals surface area contributed by atoms with Crippen LogP contribution in [0.4, 0.5) is 18.9 Å². The van der Waals surface area contributed by atoms with Gasteiger partial charge < -0.3 is 14.8 Å². The molecule has 7 heteroatoms. The zero-order chi connectivity index (χ0) is 15.4. The molecule has 0 aliphatic heterocycles. The molecule has 0 spiro atoms. The number of anilines is 1. The number of esters is 1. The van der Waals surface area contributed by atoms with Crippen molar-refractivity contribution in [1.82, 2.24) is 0 Å². The van der Waals surface area contributed by atoms with Crippen molar-refractivity contribution >= 4 is 11.7 Å². The summed E-state index contributed by atoms with van der Waals surface area (Å²) in [7, 11) is 0. The number of carbonyl (C=O) groups excluding carboxylic acids is 1. The van der Waals surface area contributed by atoms with Crippen LogP contribution in [0.2, 0.25) is 0 Å². The summed E-state index contributed by atoms with van der Waals surface area (Å²) in [5, 5.41) is 2.56. The molecule has 1 aromatic rings. The normalized spacial score (nSPS) is 11.9. The highest BCUT2D eigenvalue weighted by Crippen LogP contribution is 2.29. The molecule has 0 bridgehead atoms. The van der Waals surface area contributed by atoms with Crippen molar-refractivity contribution in [1.29, 1.82) is 0 Å². The Hall–Kier alpha value is -1.92. The standard InChI is InChI=1S/C13H16F3NO3/c1-12(2,3)20-11(18)8-17-9-6-4-5-7-10(9)19-13(14,15)16/h4-7,17H,8H2,1-3H3. The SMILES string of the molecule is CC(C)(C)OC(=O)CNc1ccccc1OC(F)(F)F. The molecule has 0 fully saturated rings. The van der Waals surface area contributed by atoms with E-state index < -0.39 is 23.7 Å². The Kier molecular flexibility index (Phi) is 4.86. The van der Waals surface area contributed by atoms with Crippen LogP contribution in [0.3, 0.4) is 0 Å². The molecule has 0 aromatic heterocycles. The van der Waals surface area contributed by atoms with Gasteiger partial charge in [0.1, 0.15) is 12.1 Å². The Morgan fingerprint density at radius 2 is 1.80 bits per heavy atom. The van der Waals surface area contributed by atoms with Crippen molar-refractivity contribution in [2.75, 3.05) is 11.9 Å². The van der Waals surface area contributed by atoms with E-state index in [9.17, 15) is 18.0 Å². The molecular weight excluding hydrogens is 275 g/mol. The minimum absolute atomic E-state index is 0.0654. The average Bonchev–Trinajstić information content (AvgIpc) is 2.23. The number of hydrogen-bond donors (Lipinski definition) is 1. The molecular formula is C13H16F3NO3. The molecule has 0 atom stereocenters. The van der Waals surface area contributed by atoms with Crippen LogP contribution in [0.5, 0.6) is 5.75 Å². The van der Waals surface area contributed by atoms with Gasteiger partial charge in [0.25, 0.3) is 0 Å². The van der Waals surface area contributed by atoms with E-state index in [1.807, 2.05) is 0 Å². The first kappa shape index (κ1) is 16.1. The Morgan fingerprint density at radius 3 is 2.35 bits per heavy atom. The lowest BCUT2D eigenvalue weighted by Gasteiger charge is -2.20. The highest BCUT2D eigenvalue weighted by molar-refractivity contribution is 5.76.